The average molecular weight is 467 g/mol. The number of aromatic nitrogens is 3. The average Bonchev–Trinajstić information content (AvgIpc) is 3.43. The highest BCUT2D eigenvalue weighted by Gasteiger charge is 2.11. The first-order valence-electron chi connectivity index (χ1n) is 10.3. The highest BCUT2D eigenvalue weighted by atomic mass is 35.5. The number of thiazole rings is 1. The lowest BCUT2D eigenvalue weighted by molar-refractivity contribution is -0.115. The number of carbonyl (C=O) groups excluding carboxylic acids is 1. The number of nitrogens with one attached hydrogen (secondary N) is 1. The van der Waals surface area contributed by atoms with Crippen LogP contribution in [0.5, 0.6) is 5.75 Å². The van der Waals surface area contributed by atoms with Gasteiger partial charge in [-0.1, -0.05) is 42.8 Å². The van der Waals surface area contributed by atoms with E-state index in [1.807, 2.05) is 17.5 Å². The molecule has 0 atom stereocenters. The zero-order valence-electron chi connectivity index (χ0n) is 17.6. The minimum absolute atomic E-state index is 0.136. The molecule has 6 nitrogen and oxygen atoms in total. The van der Waals surface area contributed by atoms with Gasteiger partial charge < -0.3 is 10.1 Å². The molecule has 164 valence electrons. The van der Waals surface area contributed by atoms with Gasteiger partial charge in [-0.2, -0.15) is 5.10 Å². The van der Waals surface area contributed by atoms with Gasteiger partial charge in [0.2, 0.25) is 5.91 Å². The summed E-state index contributed by atoms with van der Waals surface area (Å²) in [6, 6.07) is 17.4. The highest BCUT2D eigenvalue weighted by molar-refractivity contribution is 7.09. The van der Waals surface area contributed by atoms with Crippen LogP contribution in [-0.2, 0) is 30.8 Å². The molecule has 2 aromatic carbocycles. The summed E-state index contributed by atoms with van der Waals surface area (Å²) in [4.78, 5) is 17.1. The molecule has 4 aromatic rings. The second kappa shape index (κ2) is 10.4. The van der Waals surface area contributed by atoms with Gasteiger partial charge in [0.25, 0.3) is 0 Å². The van der Waals surface area contributed by atoms with Gasteiger partial charge in [0.15, 0.2) is 0 Å². The quantitative estimate of drug-likeness (QED) is 0.360. The van der Waals surface area contributed by atoms with Crippen molar-refractivity contribution < 1.29 is 9.53 Å². The molecule has 4 rings (SSSR count). The van der Waals surface area contributed by atoms with Crippen molar-refractivity contribution in [2.45, 2.75) is 32.9 Å². The van der Waals surface area contributed by atoms with Crippen LogP contribution in [0.25, 0.3) is 0 Å². The van der Waals surface area contributed by atoms with Crippen LogP contribution in [0.1, 0.15) is 28.8 Å². The Hall–Kier alpha value is -3.16. The molecule has 0 bridgehead atoms. The fraction of sp³-hybridized carbons (Fsp3) is 0.208. The Balaban J connectivity index is 1.30. The maximum absolute atomic E-state index is 12.6. The van der Waals surface area contributed by atoms with Crippen molar-refractivity contribution in [3.8, 4) is 5.75 Å². The van der Waals surface area contributed by atoms with Crippen molar-refractivity contribution in [2.75, 3.05) is 5.32 Å². The molecule has 1 amide bonds. The minimum Gasteiger partial charge on any atom is -0.486 e. The normalized spacial score (nSPS) is 10.8. The van der Waals surface area contributed by atoms with Crippen LogP contribution in [0, 0.1) is 0 Å². The number of carbonyl (C=O) groups is 1. The number of halogens is 1. The predicted octanol–water partition coefficient (Wildman–Crippen LogP) is 5.36. The number of anilines is 1. The van der Waals surface area contributed by atoms with E-state index in [4.69, 9.17) is 16.3 Å². The topological polar surface area (TPSA) is 69.0 Å². The standard InChI is InChI=1S/C24H23ClN4O2S/c1-2-17-3-5-18(6-4-17)14-29-22(11-12-26-29)28-23(30)13-20-16-32-24(27-20)15-31-21-9-7-19(25)8-10-21/h3-12,16H,2,13-15H2,1H3,(H,28,30). The monoisotopic (exact) mass is 466 g/mol. The van der Waals surface area contributed by atoms with E-state index < -0.39 is 0 Å². The summed E-state index contributed by atoms with van der Waals surface area (Å²) in [5.74, 6) is 1.25. The molecule has 0 fully saturated rings. The lowest BCUT2D eigenvalue weighted by atomic mass is 10.1. The van der Waals surface area contributed by atoms with Crippen molar-refractivity contribution in [1.29, 1.82) is 0 Å². The third-order valence-electron chi connectivity index (χ3n) is 4.86. The van der Waals surface area contributed by atoms with Crippen LogP contribution in [0.3, 0.4) is 0 Å². The maximum Gasteiger partial charge on any atom is 0.231 e. The number of amides is 1. The molecule has 0 aliphatic rings. The van der Waals surface area contributed by atoms with E-state index in [-0.39, 0.29) is 12.3 Å². The van der Waals surface area contributed by atoms with Gasteiger partial charge in [0, 0.05) is 16.5 Å². The van der Waals surface area contributed by atoms with Crippen molar-refractivity contribution in [3.05, 3.63) is 93.0 Å². The summed E-state index contributed by atoms with van der Waals surface area (Å²) in [5.41, 5.74) is 3.14. The third-order valence-corrected chi connectivity index (χ3v) is 5.99. The van der Waals surface area contributed by atoms with Crippen LogP contribution in [0.2, 0.25) is 5.02 Å². The fourth-order valence-corrected chi connectivity index (χ4v) is 3.97. The molecule has 1 N–H and O–H groups in total. The minimum atomic E-state index is -0.136. The molecular formula is C24H23ClN4O2S. The van der Waals surface area contributed by atoms with Crippen molar-refractivity contribution in [1.82, 2.24) is 14.8 Å². The van der Waals surface area contributed by atoms with Crippen molar-refractivity contribution in [3.63, 3.8) is 0 Å². The van der Waals surface area contributed by atoms with E-state index in [2.05, 4.69) is 46.6 Å². The number of hydrogen-bond acceptors (Lipinski definition) is 5. The Morgan fingerprint density at radius 1 is 1.09 bits per heavy atom. The van der Waals surface area contributed by atoms with E-state index in [0.717, 1.165) is 22.7 Å². The lowest BCUT2D eigenvalue weighted by Crippen LogP contribution is -2.18. The summed E-state index contributed by atoms with van der Waals surface area (Å²) in [7, 11) is 0. The Bertz CT molecular complexity index is 1170. The number of ether oxygens (including phenoxy) is 1. The molecule has 0 radical (unpaired) electrons. The van der Waals surface area contributed by atoms with Crippen LogP contribution < -0.4 is 10.1 Å². The first-order chi connectivity index (χ1) is 15.6. The van der Waals surface area contributed by atoms with Gasteiger partial charge in [-0.15, -0.1) is 11.3 Å². The van der Waals surface area contributed by atoms with Gasteiger partial charge in [-0.3, -0.25) is 4.79 Å². The van der Waals surface area contributed by atoms with Gasteiger partial charge in [0.1, 0.15) is 23.2 Å². The molecular weight excluding hydrogens is 444 g/mol. The number of aryl methyl sites for hydroxylation is 1. The van der Waals surface area contributed by atoms with E-state index in [0.29, 0.717) is 29.7 Å². The van der Waals surface area contributed by atoms with E-state index in [1.54, 1.807) is 29.1 Å². The predicted molar refractivity (Wildman–Crippen MR) is 127 cm³/mol. The fourth-order valence-electron chi connectivity index (χ4n) is 3.14. The Morgan fingerprint density at radius 3 is 2.59 bits per heavy atom. The van der Waals surface area contributed by atoms with Crippen LogP contribution in [0.15, 0.2) is 66.2 Å². The van der Waals surface area contributed by atoms with Crippen LogP contribution >= 0.6 is 22.9 Å². The van der Waals surface area contributed by atoms with Gasteiger partial charge in [-0.25, -0.2) is 9.67 Å². The Morgan fingerprint density at radius 2 is 1.84 bits per heavy atom. The van der Waals surface area contributed by atoms with Crippen LogP contribution in [0.4, 0.5) is 5.82 Å². The Labute approximate surface area is 195 Å². The van der Waals surface area contributed by atoms with Crippen molar-refractivity contribution in [2.24, 2.45) is 0 Å². The van der Waals surface area contributed by atoms with E-state index >= 15 is 0 Å². The molecule has 2 heterocycles. The number of benzene rings is 2. The smallest absolute Gasteiger partial charge is 0.231 e. The van der Waals surface area contributed by atoms with Crippen LogP contribution in [-0.4, -0.2) is 20.7 Å². The molecule has 0 unspecified atom stereocenters. The SMILES string of the molecule is CCc1ccc(Cn2nccc2NC(=O)Cc2csc(COc3ccc(Cl)cc3)n2)cc1. The number of rotatable bonds is 9. The summed E-state index contributed by atoms with van der Waals surface area (Å²) in [5, 5.41) is 10.6. The number of hydrogen-bond donors (Lipinski definition) is 1. The summed E-state index contributed by atoms with van der Waals surface area (Å²) < 4.78 is 7.50. The molecule has 0 aliphatic carbocycles. The maximum atomic E-state index is 12.6. The van der Waals surface area contributed by atoms with Gasteiger partial charge >= 0.3 is 0 Å². The third kappa shape index (κ3) is 5.96. The second-order valence-corrected chi connectivity index (χ2v) is 8.62. The van der Waals surface area contributed by atoms with E-state index in [9.17, 15) is 4.79 Å². The number of nitrogens with zero attached hydrogens (tertiary/aromatic N) is 3. The summed E-state index contributed by atoms with van der Waals surface area (Å²) in [6.07, 6.45) is 2.88. The second-order valence-electron chi connectivity index (χ2n) is 7.24. The lowest BCUT2D eigenvalue weighted by Gasteiger charge is -2.09. The van der Waals surface area contributed by atoms with Gasteiger partial charge in [-0.05, 0) is 41.8 Å². The molecule has 0 aliphatic heterocycles. The molecule has 2 aromatic heterocycles. The highest BCUT2D eigenvalue weighted by Crippen LogP contribution is 2.19. The zero-order chi connectivity index (χ0) is 22.3. The summed E-state index contributed by atoms with van der Waals surface area (Å²) in [6.45, 7) is 3.07. The first-order valence-corrected chi connectivity index (χ1v) is 11.6. The van der Waals surface area contributed by atoms with Crippen molar-refractivity contribution >= 4 is 34.7 Å². The molecule has 8 heteroatoms. The zero-order valence-corrected chi connectivity index (χ0v) is 19.2. The largest absolute Gasteiger partial charge is 0.486 e. The van der Waals surface area contributed by atoms with E-state index in [1.165, 1.54) is 16.9 Å². The Kier molecular flexibility index (Phi) is 7.19. The molecule has 0 saturated heterocycles. The molecule has 0 spiro atoms. The van der Waals surface area contributed by atoms with Gasteiger partial charge in [0.05, 0.1) is 24.9 Å². The summed E-state index contributed by atoms with van der Waals surface area (Å²) >= 11 is 7.35. The molecule has 32 heavy (non-hydrogen) atoms. The molecule has 0 saturated carbocycles. The first kappa shape index (κ1) is 22.0.